The number of carbonyl (C=O) groups is 1. The zero-order valence-electron chi connectivity index (χ0n) is 16.7. The summed E-state index contributed by atoms with van der Waals surface area (Å²) in [4.78, 5) is 13.7. The van der Waals surface area contributed by atoms with Gasteiger partial charge in [-0.25, -0.2) is 4.79 Å². The van der Waals surface area contributed by atoms with Gasteiger partial charge < -0.3 is 14.7 Å². The van der Waals surface area contributed by atoms with E-state index in [4.69, 9.17) is 14.6 Å². The lowest BCUT2D eigenvalue weighted by molar-refractivity contribution is -0.192. The summed E-state index contributed by atoms with van der Waals surface area (Å²) in [6, 6.07) is 6.71. The average molecular weight is 443 g/mol. The van der Waals surface area contributed by atoms with Crippen molar-refractivity contribution in [2.75, 3.05) is 39.3 Å². The Kier molecular flexibility index (Phi) is 9.89. The molecule has 5 nitrogen and oxygen atoms in total. The first-order chi connectivity index (χ1) is 13.8. The van der Waals surface area contributed by atoms with Crippen LogP contribution in [-0.2, 0) is 11.0 Å². The normalized spacial score (nSPS) is 16.2. The second-order valence-corrected chi connectivity index (χ2v) is 6.90. The van der Waals surface area contributed by atoms with Gasteiger partial charge in [-0.15, -0.1) is 0 Å². The van der Waals surface area contributed by atoms with Crippen molar-refractivity contribution in [1.29, 1.82) is 0 Å². The summed E-state index contributed by atoms with van der Waals surface area (Å²) >= 11 is 0. The van der Waals surface area contributed by atoms with E-state index < -0.39 is 23.9 Å². The highest BCUT2D eigenvalue weighted by atomic mass is 19.4. The molecule has 0 saturated carbocycles. The van der Waals surface area contributed by atoms with E-state index in [2.05, 4.69) is 29.7 Å². The van der Waals surface area contributed by atoms with Crippen LogP contribution in [0.15, 0.2) is 18.2 Å². The van der Waals surface area contributed by atoms with Crippen LogP contribution in [0.2, 0.25) is 0 Å². The number of benzene rings is 1. The molecule has 0 spiro atoms. The van der Waals surface area contributed by atoms with Crippen molar-refractivity contribution in [3.05, 3.63) is 29.8 Å². The Hall–Kier alpha value is -2.01. The Bertz CT molecular complexity index is 656. The van der Waals surface area contributed by atoms with Crippen molar-refractivity contribution in [3.8, 4) is 5.75 Å². The molecule has 1 N–H and O–H groups in total. The molecule has 1 aromatic rings. The van der Waals surface area contributed by atoms with Crippen LogP contribution >= 0.6 is 0 Å². The summed E-state index contributed by atoms with van der Waals surface area (Å²) in [5.74, 6) is -2.89. The molecule has 0 aromatic heterocycles. The molecule has 171 valence electrons. The zero-order valence-corrected chi connectivity index (χ0v) is 16.7. The monoisotopic (exact) mass is 443 g/mol. The number of hydrogen-bond donors (Lipinski definition) is 1. The number of hydrogen-bond acceptors (Lipinski definition) is 4. The molecule has 1 heterocycles. The number of carboxylic acid groups (broad SMARTS) is 1. The molecule has 1 aliphatic rings. The van der Waals surface area contributed by atoms with Gasteiger partial charge in [-0.05, 0) is 38.5 Å². The van der Waals surface area contributed by atoms with Gasteiger partial charge in [0.15, 0.2) is 0 Å². The lowest BCUT2D eigenvalue weighted by Gasteiger charge is -2.36. The molecular formula is C19H25F6N2O3. The standard InChI is InChI=1S/C17H24F3N2O.C2HF3O2/c1-14(2)22-11-9-21(10-12-22)8-5-13-23-16-7-4-3-6-15(16)17(18,19)20;3-2(4,5)1(6)7/h3,6-7,14H,5,8-13H2,1-2H3;(H,6,7). The Balaban J connectivity index is 0.000000553. The van der Waals surface area contributed by atoms with Crippen molar-refractivity contribution in [1.82, 2.24) is 9.80 Å². The van der Waals surface area contributed by atoms with Crippen molar-refractivity contribution >= 4 is 5.97 Å². The lowest BCUT2D eigenvalue weighted by atomic mass is 10.2. The van der Waals surface area contributed by atoms with E-state index in [1.54, 1.807) is 0 Å². The van der Waals surface area contributed by atoms with Crippen LogP contribution in [0.4, 0.5) is 26.3 Å². The summed E-state index contributed by atoms with van der Waals surface area (Å²) in [5, 5.41) is 7.12. The average Bonchev–Trinajstić information content (AvgIpc) is 2.65. The predicted octanol–water partition coefficient (Wildman–Crippen LogP) is 3.93. The number of ether oxygens (including phenoxy) is 1. The molecule has 1 aromatic carbocycles. The molecule has 0 aliphatic carbocycles. The van der Waals surface area contributed by atoms with Crippen molar-refractivity contribution in [3.63, 3.8) is 0 Å². The maximum absolute atomic E-state index is 12.8. The van der Waals surface area contributed by atoms with Gasteiger partial charge in [-0.1, -0.05) is 6.07 Å². The van der Waals surface area contributed by atoms with Crippen LogP contribution in [0.5, 0.6) is 5.75 Å². The number of carboxylic acids is 1. The van der Waals surface area contributed by atoms with Crippen molar-refractivity contribution in [2.24, 2.45) is 0 Å². The molecular weight excluding hydrogens is 418 g/mol. The fourth-order valence-electron chi connectivity index (χ4n) is 2.74. The number of alkyl halides is 6. The first kappa shape index (κ1) is 26.0. The fourth-order valence-corrected chi connectivity index (χ4v) is 2.74. The van der Waals surface area contributed by atoms with Gasteiger partial charge in [0, 0.05) is 38.8 Å². The highest BCUT2D eigenvalue weighted by Crippen LogP contribution is 2.35. The van der Waals surface area contributed by atoms with Gasteiger partial charge in [0.1, 0.15) is 5.75 Å². The SMILES string of the molecule is CC(C)N1CCN(CCCOc2c[c]ccc2C(F)(F)F)CC1.O=C(O)C(F)(F)F. The van der Waals surface area contributed by atoms with Gasteiger partial charge in [-0.2, -0.15) is 26.3 Å². The third-order valence-electron chi connectivity index (χ3n) is 4.39. The van der Waals surface area contributed by atoms with Crippen LogP contribution in [0.3, 0.4) is 0 Å². The highest BCUT2D eigenvalue weighted by Gasteiger charge is 2.38. The molecule has 0 atom stereocenters. The maximum atomic E-state index is 12.8. The number of rotatable bonds is 6. The third-order valence-corrected chi connectivity index (χ3v) is 4.39. The summed E-state index contributed by atoms with van der Waals surface area (Å²) in [7, 11) is 0. The maximum Gasteiger partial charge on any atom is 0.490 e. The van der Waals surface area contributed by atoms with Gasteiger partial charge in [0.2, 0.25) is 0 Å². The molecule has 1 radical (unpaired) electrons. The van der Waals surface area contributed by atoms with Gasteiger partial charge >= 0.3 is 18.3 Å². The van der Waals surface area contributed by atoms with E-state index in [1.807, 2.05) is 0 Å². The quantitative estimate of drug-likeness (QED) is 0.534. The Morgan fingerprint density at radius 3 is 2.20 bits per heavy atom. The van der Waals surface area contributed by atoms with E-state index in [0.717, 1.165) is 38.8 Å². The first-order valence-corrected chi connectivity index (χ1v) is 9.29. The number of nitrogens with zero attached hydrogens (tertiary/aromatic N) is 2. The van der Waals surface area contributed by atoms with Gasteiger partial charge in [-0.3, -0.25) is 4.90 Å². The first-order valence-electron chi connectivity index (χ1n) is 9.29. The van der Waals surface area contributed by atoms with E-state index >= 15 is 0 Å². The molecule has 11 heteroatoms. The Morgan fingerprint density at radius 2 is 1.73 bits per heavy atom. The minimum absolute atomic E-state index is 0.135. The Labute approximate surface area is 171 Å². The fraction of sp³-hybridized carbons (Fsp3) is 0.632. The second-order valence-electron chi connectivity index (χ2n) is 6.90. The van der Waals surface area contributed by atoms with E-state index in [9.17, 15) is 26.3 Å². The molecule has 0 bridgehead atoms. The van der Waals surface area contributed by atoms with Gasteiger partial charge in [0.25, 0.3) is 0 Å². The molecule has 30 heavy (non-hydrogen) atoms. The molecule has 1 aliphatic heterocycles. The lowest BCUT2D eigenvalue weighted by Crippen LogP contribution is -2.49. The van der Waals surface area contributed by atoms with Crippen LogP contribution in [0, 0.1) is 6.07 Å². The largest absolute Gasteiger partial charge is 0.493 e. The van der Waals surface area contributed by atoms with Gasteiger partial charge in [0.05, 0.1) is 12.2 Å². The van der Waals surface area contributed by atoms with E-state index in [1.165, 1.54) is 12.1 Å². The summed E-state index contributed by atoms with van der Waals surface area (Å²) < 4.78 is 75.6. The molecule has 0 amide bonds. The van der Waals surface area contributed by atoms with Crippen LogP contribution < -0.4 is 4.74 Å². The number of aliphatic carboxylic acids is 1. The van der Waals surface area contributed by atoms with Crippen molar-refractivity contribution < 1.29 is 41.0 Å². The summed E-state index contributed by atoms with van der Waals surface area (Å²) in [5.41, 5.74) is -0.734. The van der Waals surface area contributed by atoms with Crippen LogP contribution in [0.25, 0.3) is 0 Å². The van der Waals surface area contributed by atoms with Crippen LogP contribution in [0.1, 0.15) is 25.8 Å². The third kappa shape index (κ3) is 9.21. The summed E-state index contributed by atoms with van der Waals surface area (Å²) in [6.45, 7) is 9.62. The molecule has 0 unspecified atom stereocenters. The van der Waals surface area contributed by atoms with E-state index in [0.29, 0.717) is 12.5 Å². The highest BCUT2D eigenvalue weighted by molar-refractivity contribution is 5.73. The minimum atomic E-state index is -5.08. The number of halogens is 6. The molecule has 2 rings (SSSR count). The predicted molar refractivity (Wildman–Crippen MR) is 97.2 cm³/mol. The number of piperazine rings is 1. The van der Waals surface area contributed by atoms with E-state index in [-0.39, 0.29) is 12.4 Å². The second kappa shape index (κ2) is 11.4. The Morgan fingerprint density at radius 1 is 1.17 bits per heavy atom. The minimum Gasteiger partial charge on any atom is -0.493 e. The topological polar surface area (TPSA) is 53.0 Å². The van der Waals surface area contributed by atoms with Crippen molar-refractivity contribution in [2.45, 2.75) is 38.7 Å². The zero-order chi connectivity index (χ0) is 22.9. The van der Waals surface area contributed by atoms with Crippen LogP contribution in [-0.4, -0.2) is 72.4 Å². The summed E-state index contributed by atoms with van der Waals surface area (Å²) in [6.07, 6.45) is -8.76. The molecule has 1 fully saturated rings. The molecule has 1 saturated heterocycles. The smallest absolute Gasteiger partial charge is 0.490 e.